The lowest BCUT2D eigenvalue weighted by Crippen LogP contribution is -2.41. The Morgan fingerprint density at radius 3 is 2.33 bits per heavy atom. The zero-order valence-electron chi connectivity index (χ0n) is 15.6. The molecule has 1 aliphatic heterocycles. The number of benzene rings is 1. The second-order valence-corrected chi connectivity index (χ2v) is 6.85. The fourth-order valence-electron chi connectivity index (χ4n) is 3.28. The molecule has 2 heterocycles. The monoisotopic (exact) mass is 366 g/mol. The van der Waals surface area contributed by atoms with Crippen molar-refractivity contribution in [3.05, 3.63) is 54.4 Å². The summed E-state index contributed by atoms with van der Waals surface area (Å²) in [7, 11) is 0. The van der Waals surface area contributed by atoms with Gasteiger partial charge in [0.2, 0.25) is 0 Å². The lowest BCUT2D eigenvalue weighted by atomic mass is 9.96. The van der Waals surface area contributed by atoms with Crippen LogP contribution in [0.2, 0.25) is 0 Å². The average molecular weight is 366 g/mol. The van der Waals surface area contributed by atoms with Crippen LogP contribution < -0.4 is 15.5 Å². The number of amides is 2. The van der Waals surface area contributed by atoms with Crippen LogP contribution in [0.5, 0.6) is 0 Å². The maximum Gasteiger partial charge on any atom is 0.313 e. The van der Waals surface area contributed by atoms with E-state index in [0.29, 0.717) is 18.2 Å². The summed E-state index contributed by atoms with van der Waals surface area (Å²) >= 11 is 0. The number of carbonyl (C=O) groups excluding carboxylic acids is 2. The molecular formula is C21H26N4O2. The third kappa shape index (κ3) is 5.29. The number of hydrogen-bond acceptors (Lipinski definition) is 4. The summed E-state index contributed by atoms with van der Waals surface area (Å²) in [5.74, 6) is -0.803. The van der Waals surface area contributed by atoms with Crippen molar-refractivity contribution in [2.75, 3.05) is 29.9 Å². The van der Waals surface area contributed by atoms with Crippen molar-refractivity contribution in [1.29, 1.82) is 0 Å². The van der Waals surface area contributed by atoms with E-state index in [2.05, 4.69) is 27.4 Å². The first-order chi connectivity index (χ1) is 13.2. The van der Waals surface area contributed by atoms with Gasteiger partial charge in [-0.2, -0.15) is 0 Å². The molecule has 0 bridgehead atoms. The molecule has 0 aliphatic carbocycles. The van der Waals surface area contributed by atoms with Crippen LogP contribution in [0.4, 0.5) is 11.4 Å². The van der Waals surface area contributed by atoms with E-state index in [-0.39, 0.29) is 0 Å². The fraction of sp³-hybridized carbons (Fsp3) is 0.381. The van der Waals surface area contributed by atoms with Gasteiger partial charge < -0.3 is 15.5 Å². The molecule has 1 aromatic carbocycles. The molecule has 1 aromatic heterocycles. The molecule has 3 rings (SSSR count). The molecule has 1 saturated heterocycles. The molecule has 6 heteroatoms. The Kier molecular flexibility index (Phi) is 6.41. The molecule has 2 amide bonds. The Morgan fingerprint density at radius 2 is 1.70 bits per heavy atom. The van der Waals surface area contributed by atoms with Crippen molar-refractivity contribution in [2.24, 2.45) is 5.92 Å². The van der Waals surface area contributed by atoms with Gasteiger partial charge in [-0.25, -0.2) is 0 Å². The first-order valence-corrected chi connectivity index (χ1v) is 9.49. The van der Waals surface area contributed by atoms with E-state index < -0.39 is 11.8 Å². The molecule has 0 radical (unpaired) electrons. The predicted molar refractivity (Wildman–Crippen MR) is 107 cm³/mol. The number of pyridine rings is 1. The number of nitrogens with one attached hydrogen (secondary N) is 2. The molecule has 2 aromatic rings. The molecule has 6 nitrogen and oxygen atoms in total. The van der Waals surface area contributed by atoms with Gasteiger partial charge in [0.15, 0.2) is 0 Å². The van der Waals surface area contributed by atoms with Gasteiger partial charge in [-0.05, 0) is 55.0 Å². The average Bonchev–Trinajstić information content (AvgIpc) is 2.73. The summed E-state index contributed by atoms with van der Waals surface area (Å²) in [5.41, 5.74) is 3.01. The summed E-state index contributed by atoms with van der Waals surface area (Å²) in [4.78, 5) is 30.5. The molecular weight excluding hydrogens is 340 g/mol. The van der Waals surface area contributed by atoms with Gasteiger partial charge in [-0.3, -0.25) is 14.6 Å². The van der Waals surface area contributed by atoms with Crippen LogP contribution in [0.3, 0.4) is 0 Å². The minimum absolute atomic E-state index is 0.392. The van der Waals surface area contributed by atoms with Gasteiger partial charge in [-0.15, -0.1) is 0 Å². The SMILES string of the molecule is CCc1ccc(NC(=O)C(=O)NCC2CCN(c3ccncc3)CC2)cc1. The Bertz CT molecular complexity index is 754. The second-order valence-electron chi connectivity index (χ2n) is 6.85. The molecule has 0 saturated carbocycles. The van der Waals surface area contributed by atoms with Crippen molar-refractivity contribution in [3.63, 3.8) is 0 Å². The Labute approximate surface area is 160 Å². The van der Waals surface area contributed by atoms with Gasteiger partial charge in [0.25, 0.3) is 0 Å². The third-order valence-corrected chi connectivity index (χ3v) is 5.02. The third-order valence-electron chi connectivity index (χ3n) is 5.02. The minimum atomic E-state index is -0.617. The van der Waals surface area contributed by atoms with Crippen molar-refractivity contribution in [3.8, 4) is 0 Å². The van der Waals surface area contributed by atoms with Crippen molar-refractivity contribution in [2.45, 2.75) is 26.2 Å². The highest BCUT2D eigenvalue weighted by atomic mass is 16.2. The second kappa shape index (κ2) is 9.16. The summed E-state index contributed by atoms with van der Waals surface area (Å²) in [6, 6.07) is 11.6. The van der Waals surface area contributed by atoms with E-state index in [1.165, 1.54) is 11.3 Å². The smallest absolute Gasteiger partial charge is 0.313 e. The number of rotatable bonds is 5. The van der Waals surface area contributed by atoms with Crippen LogP contribution in [0.15, 0.2) is 48.8 Å². The number of aryl methyl sites for hydroxylation is 1. The van der Waals surface area contributed by atoms with E-state index in [1.807, 2.05) is 36.4 Å². The molecule has 27 heavy (non-hydrogen) atoms. The maximum atomic E-state index is 12.1. The van der Waals surface area contributed by atoms with E-state index in [1.54, 1.807) is 12.4 Å². The zero-order chi connectivity index (χ0) is 19.1. The lowest BCUT2D eigenvalue weighted by molar-refractivity contribution is -0.136. The maximum absolute atomic E-state index is 12.1. The van der Waals surface area contributed by atoms with Crippen molar-refractivity contribution in [1.82, 2.24) is 10.3 Å². The van der Waals surface area contributed by atoms with Crippen molar-refractivity contribution >= 4 is 23.2 Å². The molecule has 1 fully saturated rings. The number of piperidine rings is 1. The van der Waals surface area contributed by atoms with Gasteiger partial charge >= 0.3 is 11.8 Å². The first-order valence-electron chi connectivity index (χ1n) is 9.49. The largest absolute Gasteiger partial charge is 0.371 e. The zero-order valence-corrected chi connectivity index (χ0v) is 15.6. The van der Waals surface area contributed by atoms with E-state index in [9.17, 15) is 9.59 Å². The summed E-state index contributed by atoms with van der Waals surface area (Å²) in [6.07, 6.45) is 6.52. The minimum Gasteiger partial charge on any atom is -0.371 e. The summed E-state index contributed by atoms with van der Waals surface area (Å²) in [5, 5.41) is 5.41. The predicted octanol–water partition coefficient (Wildman–Crippen LogP) is 2.62. The highest BCUT2D eigenvalue weighted by Crippen LogP contribution is 2.22. The van der Waals surface area contributed by atoms with Crippen LogP contribution in [0.1, 0.15) is 25.3 Å². The number of aromatic nitrogens is 1. The molecule has 0 unspecified atom stereocenters. The van der Waals surface area contributed by atoms with E-state index >= 15 is 0 Å². The normalized spacial score (nSPS) is 14.6. The van der Waals surface area contributed by atoms with Gasteiger partial charge in [-0.1, -0.05) is 19.1 Å². The first kappa shape index (κ1) is 18.9. The van der Waals surface area contributed by atoms with Crippen LogP contribution in [0, 0.1) is 5.92 Å². The highest BCUT2D eigenvalue weighted by Gasteiger charge is 2.21. The van der Waals surface area contributed by atoms with Gasteiger partial charge in [0.05, 0.1) is 0 Å². The Balaban J connectivity index is 1.40. The molecule has 2 N–H and O–H groups in total. The van der Waals surface area contributed by atoms with Gasteiger partial charge in [0, 0.05) is 43.4 Å². The quantitative estimate of drug-likeness (QED) is 0.798. The molecule has 0 spiro atoms. The highest BCUT2D eigenvalue weighted by molar-refractivity contribution is 6.39. The van der Waals surface area contributed by atoms with Gasteiger partial charge in [0.1, 0.15) is 0 Å². The van der Waals surface area contributed by atoms with Crippen LogP contribution in [0.25, 0.3) is 0 Å². The lowest BCUT2D eigenvalue weighted by Gasteiger charge is -2.33. The Hall–Kier alpha value is -2.89. The number of carbonyl (C=O) groups is 2. The standard InChI is InChI=1S/C21H26N4O2/c1-2-16-3-5-18(6-4-16)24-21(27)20(26)23-15-17-9-13-25(14-10-17)19-7-11-22-12-8-19/h3-8,11-12,17H,2,9-10,13-15H2,1H3,(H,23,26)(H,24,27). The Morgan fingerprint density at radius 1 is 1.04 bits per heavy atom. The number of hydrogen-bond donors (Lipinski definition) is 2. The topological polar surface area (TPSA) is 74.3 Å². The fourth-order valence-corrected chi connectivity index (χ4v) is 3.28. The molecule has 0 atom stereocenters. The van der Waals surface area contributed by atoms with Crippen LogP contribution >= 0.6 is 0 Å². The van der Waals surface area contributed by atoms with E-state index in [4.69, 9.17) is 0 Å². The number of nitrogens with zero attached hydrogens (tertiary/aromatic N) is 2. The van der Waals surface area contributed by atoms with E-state index in [0.717, 1.165) is 32.4 Å². The van der Waals surface area contributed by atoms with Crippen LogP contribution in [-0.2, 0) is 16.0 Å². The van der Waals surface area contributed by atoms with Crippen LogP contribution in [-0.4, -0.2) is 36.4 Å². The number of anilines is 2. The summed E-state index contributed by atoms with van der Waals surface area (Å²) in [6.45, 7) is 4.49. The summed E-state index contributed by atoms with van der Waals surface area (Å²) < 4.78 is 0. The molecule has 142 valence electrons. The van der Waals surface area contributed by atoms with Crippen molar-refractivity contribution < 1.29 is 9.59 Å². The molecule has 1 aliphatic rings.